The average molecular weight is 308 g/mol. The molecule has 7 heteroatoms. The SMILES string of the molecule is CCNC(=O)[C@@H]1C[C@@H](N)CN1C(=O)CCc1c(C)noc1C. The van der Waals surface area contributed by atoms with Crippen LogP contribution in [0.2, 0.25) is 0 Å². The largest absolute Gasteiger partial charge is 0.361 e. The van der Waals surface area contributed by atoms with Crippen molar-refractivity contribution in [3.8, 4) is 0 Å². The molecule has 2 heterocycles. The first kappa shape index (κ1) is 16.5. The molecule has 2 rings (SSSR count). The third kappa shape index (κ3) is 3.47. The Balaban J connectivity index is 1.99. The Kier molecular flexibility index (Phi) is 5.18. The first-order valence-corrected chi connectivity index (χ1v) is 7.68. The second-order valence-electron chi connectivity index (χ2n) is 5.75. The molecule has 0 saturated carbocycles. The van der Waals surface area contributed by atoms with Crippen LogP contribution in [-0.4, -0.2) is 47.0 Å². The van der Waals surface area contributed by atoms with Gasteiger partial charge in [-0.05, 0) is 33.6 Å². The van der Waals surface area contributed by atoms with Crippen molar-refractivity contribution < 1.29 is 14.1 Å². The molecule has 1 aliphatic rings. The minimum atomic E-state index is -0.452. The molecule has 3 N–H and O–H groups in total. The van der Waals surface area contributed by atoms with Gasteiger partial charge in [0.15, 0.2) is 0 Å². The van der Waals surface area contributed by atoms with Crippen LogP contribution < -0.4 is 11.1 Å². The Bertz CT molecular complexity index is 535. The molecule has 1 saturated heterocycles. The van der Waals surface area contributed by atoms with Crippen molar-refractivity contribution in [2.24, 2.45) is 5.73 Å². The molecular formula is C15H24N4O3. The molecule has 1 aliphatic heterocycles. The van der Waals surface area contributed by atoms with Gasteiger partial charge in [0, 0.05) is 31.1 Å². The summed E-state index contributed by atoms with van der Waals surface area (Å²) in [6.07, 6.45) is 1.41. The summed E-state index contributed by atoms with van der Waals surface area (Å²) >= 11 is 0. The van der Waals surface area contributed by atoms with Crippen LogP contribution in [0.4, 0.5) is 0 Å². The summed E-state index contributed by atoms with van der Waals surface area (Å²) < 4.78 is 5.10. The Hall–Kier alpha value is -1.89. The van der Waals surface area contributed by atoms with Crippen LogP contribution >= 0.6 is 0 Å². The van der Waals surface area contributed by atoms with E-state index in [0.29, 0.717) is 32.4 Å². The Morgan fingerprint density at radius 1 is 1.45 bits per heavy atom. The van der Waals surface area contributed by atoms with E-state index in [2.05, 4.69) is 10.5 Å². The van der Waals surface area contributed by atoms with E-state index >= 15 is 0 Å². The first-order valence-electron chi connectivity index (χ1n) is 7.68. The van der Waals surface area contributed by atoms with E-state index in [1.54, 1.807) is 4.90 Å². The van der Waals surface area contributed by atoms with Crippen molar-refractivity contribution in [2.45, 2.75) is 52.1 Å². The van der Waals surface area contributed by atoms with Gasteiger partial charge in [0.25, 0.3) is 0 Å². The second-order valence-corrected chi connectivity index (χ2v) is 5.75. The van der Waals surface area contributed by atoms with Crippen molar-refractivity contribution in [2.75, 3.05) is 13.1 Å². The highest BCUT2D eigenvalue weighted by Gasteiger charge is 2.37. The lowest BCUT2D eigenvalue weighted by Crippen LogP contribution is -2.46. The molecule has 1 aromatic rings. The summed E-state index contributed by atoms with van der Waals surface area (Å²) in [6.45, 7) is 6.53. The molecule has 1 aromatic heterocycles. The number of nitrogens with zero attached hydrogens (tertiary/aromatic N) is 2. The topological polar surface area (TPSA) is 101 Å². The molecular weight excluding hydrogens is 284 g/mol. The highest BCUT2D eigenvalue weighted by molar-refractivity contribution is 5.88. The molecule has 0 bridgehead atoms. The third-order valence-electron chi connectivity index (χ3n) is 4.08. The van der Waals surface area contributed by atoms with Crippen LogP contribution in [0, 0.1) is 13.8 Å². The zero-order valence-corrected chi connectivity index (χ0v) is 13.4. The van der Waals surface area contributed by atoms with Gasteiger partial charge in [-0.25, -0.2) is 0 Å². The van der Waals surface area contributed by atoms with Crippen molar-refractivity contribution in [1.29, 1.82) is 0 Å². The molecule has 122 valence electrons. The van der Waals surface area contributed by atoms with Gasteiger partial charge < -0.3 is 20.5 Å². The van der Waals surface area contributed by atoms with Crippen LogP contribution in [0.25, 0.3) is 0 Å². The summed E-state index contributed by atoms with van der Waals surface area (Å²) in [4.78, 5) is 26.1. The normalized spacial score (nSPS) is 21.2. The first-order chi connectivity index (χ1) is 10.4. The molecule has 0 aromatic carbocycles. The van der Waals surface area contributed by atoms with Gasteiger partial charge in [-0.15, -0.1) is 0 Å². The van der Waals surface area contributed by atoms with Crippen molar-refractivity contribution >= 4 is 11.8 Å². The molecule has 2 amide bonds. The fourth-order valence-electron chi connectivity index (χ4n) is 2.92. The molecule has 22 heavy (non-hydrogen) atoms. The van der Waals surface area contributed by atoms with Crippen LogP contribution in [0.3, 0.4) is 0 Å². The lowest BCUT2D eigenvalue weighted by atomic mass is 10.1. The molecule has 7 nitrogen and oxygen atoms in total. The van der Waals surface area contributed by atoms with Gasteiger partial charge >= 0.3 is 0 Å². The van der Waals surface area contributed by atoms with Crippen LogP contribution in [-0.2, 0) is 16.0 Å². The predicted octanol–water partition coefficient (Wildman–Crippen LogP) is 0.288. The third-order valence-corrected chi connectivity index (χ3v) is 4.08. The Morgan fingerprint density at radius 2 is 2.18 bits per heavy atom. The number of likely N-dealkylation sites (tertiary alicyclic amines) is 1. The minimum absolute atomic E-state index is 0.0517. The number of hydrogen-bond acceptors (Lipinski definition) is 5. The van der Waals surface area contributed by atoms with Gasteiger partial charge in [-0.2, -0.15) is 0 Å². The van der Waals surface area contributed by atoms with E-state index in [1.165, 1.54) is 0 Å². The summed E-state index contributed by atoms with van der Waals surface area (Å²) in [5, 5.41) is 6.65. The average Bonchev–Trinajstić information content (AvgIpc) is 3.01. The Morgan fingerprint density at radius 3 is 2.77 bits per heavy atom. The van der Waals surface area contributed by atoms with Crippen molar-refractivity contribution in [3.05, 3.63) is 17.0 Å². The van der Waals surface area contributed by atoms with Crippen LogP contribution in [0.5, 0.6) is 0 Å². The fourth-order valence-corrected chi connectivity index (χ4v) is 2.92. The summed E-state index contributed by atoms with van der Waals surface area (Å²) in [5.41, 5.74) is 7.70. The van der Waals surface area contributed by atoms with Gasteiger partial charge in [0.1, 0.15) is 11.8 Å². The quantitative estimate of drug-likeness (QED) is 0.814. The van der Waals surface area contributed by atoms with Gasteiger partial charge in [0.2, 0.25) is 11.8 Å². The van der Waals surface area contributed by atoms with Crippen LogP contribution in [0.1, 0.15) is 36.8 Å². The number of rotatable bonds is 5. The Labute approximate surface area is 130 Å². The minimum Gasteiger partial charge on any atom is -0.361 e. The van der Waals surface area contributed by atoms with E-state index in [0.717, 1.165) is 17.0 Å². The maximum atomic E-state index is 12.5. The maximum Gasteiger partial charge on any atom is 0.242 e. The van der Waals surface area contributed by atoms with Crippen molar-refractivity contribution in [3.63, 3.8) is 0 Å². The summed E-state index contributed by atoms with van der Waals surface area (Å²) in [5.74, 6) is 0.564. The number of aryl methyl sites for hydroxylation is 2. The number of carbonyl (C=O) groups excluding carboxylic acids is 2. The number of nitrogens with one attached hydrogen (secondary N) is 1. The fraction of sp³-hybridized carbons (Fsp3) is 0.667. The van der Waals surface area contributed by atoms with E-state index in [9.17, 15) is 9.59 Å². The van der Waals surface area contributed by atoms with Gasteiger partial charge in [0.05, 0.1) is 5.69 Å². The zero-order chi connectivity index (χ0) is 16.3. The van der Waals surface area contributed by atoms with Crippen molar-refractivity contribution in [1.82, 2.24) is 15.4 Å². The highest BCUT2D eigenvalue weighted by atomic mass is 16.5. The number of hydrogen-bond donors (Lipinski definition) is 2. The monoisotopic (exact) mass is 308 g/mol. The molecule has 0 spiro atoms. The molecule has 0 unspecified atom stereocenters. The molecule has 0 aliphatic carbocycles. The lowest BCUT2D eigenvalue weighted by molar-refractivity contribution is -0.138. The van der Waals surface area contributed by atoms with E-state index in [4.69, 9.17) is 10.3 Å². The maximum absolute atomic E-state index is 12.5. The number of amides is 2. The van der Waals surface area contributed by atoms with Crippen LogP contribution in [0.15, 0.2) is 4.52 Å². The van der Waals surface area contributed by atoms with E-state index < -0.39 is 6.04 Å². The number of nitrogens with two attached hydrogens (primary N) is 1. The molecule has 2 atom stereocenters. The van der Waals surface area contributed by atoms with Gasteiger partial charge in [-0.3, -0.25) is 9.59 Å². The second kappa shape index (κ2) is 6.91. The van der Waals surface area contributed by atoms with Gasteiger partial charge in [-0.1, -0.05) is 5.16 Å². The lowest BCUT2D eigenvalue weighted by Gasteiger charge is -2.23. The predicted molar refractivity (Wildman–Crippen MR) is 81.1 cm³/mol. The smallest absolute Gasteiger partial charge is 0.242 e. The number of carbonyl (C=O) groups is 2. The number of likely N-dealkylation sites (N-methyl/N-ethyl adjacent to an activating group) is 1. The zero-order valence-electron chi connectivity index (χ0n) is 13.4. The summed E-state index contributed by atoms with van der Waals surface area (Å²) in [6, 6.07) is -0.595. The standard InChI is InChI=1S/C15H24N4O3/c1-4-17-15(21)13-7-11(16)8-19(13)14(20)6-5-12-9(2)18-22-10(12)3/h11,13H,4-8,16H2,1-3H3,(H,17,21)/t11-,13+/m1/s1. The van der Waals surface area contributed by atoms with E-state index in [1.807, 2.05) is 20.8 Å². The van der Waals surface area contributed by atoms with E-state index in [-0.39, 0.29) is 17.9 Å². The molecule has 1 fully saturated rings. The number of aromatic nitrogens is 1. The molecule has 0 radical (unpaired) electrons. The summed E-state index contributed by atoms with van der Waals surface area (Å²) in [7, 11) is 0. The highest BCUT2D eigenvalue weighted by Crippen LogP contribution is 2.20.